The Bertz CT molecular complexity index is 89.3. The van der Waals surface area contributed by atoms with Crippen LogP contribution in [0.1, 0.15) is 26.2 Å². The second-order valence-electron chi connectivity index (χ2n) is 3.21. The molecule has 0 bridgehead atoms. The molecule has 1 fully saturated rings. The van der Waals surface area contributed by atoms with Crippen LogP contribution >= 0.6 is 0 Å². The monoisotopic (exact) mass is 142 g/mol. The first-order valence-corrected chi connectivity index (χ1v) is 4.23. The molecule has 2 N–H and O–H groups in total. The Kier molecular flexibility index (Phi) is 3.16. The van der Waals surface area contributed by atoms with Crippen LogP contribution in [0.15, 0.2) is 0 Å². The molecule has 0 aliphatic heterocycles. The van der Waals surface area contributed by atoms with Crippen molar-refractivity contribution >= 4 is 0 Å². The highest BCUT2D eigenvalue weighted by molar-refractivity contribution is 4.80. The highest BCUT2D eigenvalue weighted by Crippen LogP contribution is 2.18. The average Bonchev–Trinajstić information content (AvgIpc) is 2.71. The van der Waals surface area contributed by atoms with Gasteiger partial charge in [-0.05, 0) is 39.8 Å². The van der Waals surface area contributed by atoms with Gasteiger partial charge in [0.1, 0.15) is 0 Å². The summed E-state index contributed by atoms with van der Waals surface area (Å²) in [5, 5.41) is 6.70. The van der Waals surface area contributed by atoms with Gasteiger partial charge in [0.15, 0.2) is 0 Å². The zero-order valence-corrected chi connectivity index (χ0v) is 6.98. The second kappa shape index (κ2) is 3.94. The molecular weight excluding hydrogens is 124 g/mol. The summed E-state index contributed by atoms with van der Waals surface area (Å²) < 4.78 is 0. The quantitative estimate of drug-likeness (QED) is 0.591. The molecule has 0 spiro atoms. The molecule has 60 valence electrons. The molecule has 1 aliphatic rings. The summed E-state index contributed by atoms with van der Waals surface area (Å²) in [7, 11) is 2.02. The van der Waals surface area contributed by atoms with Crippen molar-refractivity contribution < 1.29 is 0 Å². The van der Waals surface area contributed by atoms with E-state index in [0.717, 1.165) is 6.04 Å². The summed E-state index contributed by atoms with van der Waals surface area (Å²) in [6.07, 6.45) is 4.04. The van der Waals surface area contributed by atoms with E-state index in [1.54, 1.807) is 0 Å². The molecule has 0 aromatic rings. The molecule has 0 unspecified atom stereocenters. The number of nitrogens with one attached hydrogen (secondary N) is 2. The van der Waals surface area contributed by atoms with E-state index in [2.05, 4.69) is 17.6 Å². The van der Waals surface area contributed by atoms with E-state index >= 15 is 0 Å². The second-order valence-corrected chi connectivity index (χ2v) is 3.21. The minimum Gasteiger partial charge on any atom is -0.317 e. The van der Waals surface area contributed by atoms with Crippen LogP contribution in [0, 0.1) is 0 Å². The molecule has 2 nitrogen and oxygen atoms in total. The van der Waals surface area contributed by atoms with Crippen LogP contribution in [0.4, 0.5) is 0 Å². The first-order valence-electron chi connectivity index (χ1n) is 4.23. The van der Waals surface area contributed by atoms with Gasteiger partial charge in [-0.25, -0.2) is 0 Å². The maximum Gasteiger partial charge on any atom is 0.00682 e. The molecule has 2 heteroatoms. The van der Waals surface area contributed by atoms with Gasteiger partial charge in [0.25, 0.3) is 0 Å². The number of hydrogen-bond acceptors (Lipinski definition) is 2. The standard InChI is InChI=1S/C8H18N2/c1-7(9-2)5-6-10-8-3-4-8/h7-10H,3-6H2,1-2H3/t7-/m0/s1. The molecule has 0 aromatic carbocycles. The maximum atomic E-state index is 3.48. The first kappa shape index (κ1) is 8.02. The van der Waals surface area contributed by atoms with Gasteiger partial charge in [-0.2, -0.15) is 0 Å². The highest BCUT2D eigenvalue weighted by atomic mass is 15.0. The maximum absolute atomic E-state index is 3.48. The molecule has 10 heavy (non-hydrogen) atoms. The SMILES string of the molecule is CN[C@@H](C)CCNC1CC1. The molecule has 0 saturated heterocycles. The van der Waals surface area contributed by atoms with Gasteiger partial charge < -0.3 is 10.6 Å². The van der Waals surface area contributed by atoms with Crippen molar-refractivity contribution in [3.63, 3.8) is 0 Å². The van der Waals surface area contributed by atoms with Crippen LogP contribution in [0.25, 0.3) is 0 Å². The van der Waals surface area contributed by atoms with Gasteiger partial charge >= 0.3 is 0 Å². The molecule has 1 atom stereocenters. The number of rotatable bonds is 5. The smallest absolute Gasteiger partial charge is 0.00682 e. The van der Waals surface area contributed by atoms with E-state index in [-0.39, 0.29) is 0 Å². The Hall–Kier alpha value is -0.0800. The summed E-state index contributed by atoms with van der Waals surface area (Å²) in [6, 6.07) is 1.52. The Morgan fingerprint density at radius 3 is 2.70 bits per heavy atom. The van der Waals surface area contributed by atoms with E-state index in [9.17, 15) is 0 Å². The summed E-state index contributed by atoms with van der Waals surface area (Å²) in [6.45, 7) is 3.39. The summed E-state index contributed by atoms with van der Waals surface area (Å²) in [5.74, 6) is 0. The Labute approximate surface area is 63.4 Å². The molecular formula is C8H18N2. The van der Waals surface area contributed by atoms with Crippen LogP contribution in [0.5, 0.6) is 0 Å². The third-order valence-corrected chi connectivity index (χ3v) is 2.08. The van der Waals surface area contributed by atoms with E-state index in [1.165, 1.54) is 25.8 Å². The largest absolute Gasteiger partial charge is 0.317 e. The fraction of sp³-hybridized carbons (Fsp3) is 1.00. The third-order valence-electron chi connectivity index (χ3n) is 2.08. The zero-order valence-electron chi connectivity index (χ0n) is 6.98. The van der Waals surface area contributed by atoms with Gasteiger partial charge in [-0.3, -0.25) is 0 Å². The molecule has 0 radical (unpaired) electrons. The molecule has 1 saturated carbocycles. The minimum atomic E-state index is 0.659. The van der Waals surface area contributed by atoms with Gasteiger partial charge in [0.2, 0.25) is 0 Å². The van der Waals surface area contributed by atoms with Crippen molar-refractivity contribution in [2.24, 2.45) is 0 Å². The van der Waals surface area contributed by atoms with Gasteiger partial charge in [-0.15, -0.1) is 0 Å². The van der Waals surface area contributed by atoms with Crippen LogP contribution in [0.2, 0.25) is 0 Å². The van der Waals surface area contributed by atoms with Crippen LogP contribution < -0.4 is 10.6 Å². The third kappa shape index (κ3) is 3.18. The lowest BCUT2D eigenvalue weighted by atomic mass is 10.2. The van der Waals surface area contributed by atoms with Crippen molar-refractivity contribution in [2.45, 2.75) is 38.3 Å². The van der Waals surface area contributed by atoms with Crippen molar-refractivity contribution in [3.8, 4) is 0 Å². The summed E-state index contributed by atoms with van der Waals surface area (Å²) >= 11 is 0. The minimum absolute atomic E-state index is 0.659. The Balaban J connectivity index is 1.83. The molecule has 0 aromatic heterocycles. The van der Waals surface area contributed by atoms with Crippen molar-refractivity contribution in [2.75, 3.05) is 13.6 Å². The van der Waals surface area contributed by atoms with Gasteiger partial charge in [-0.1, -0.05) is 0 Å². The zero-order chi connectivity index (χ0) is 7.40. The first-order chi connectivity index (χ1) is 4.83. The van der Waals surface area contributed by atoms with E-state index in [4.69, 9.17) is 0 Å². The predicted octanol–water partition coefficient (Wildman–Crippen LogP) is 0.736. The molecule has 0 amide bonds. The highest BCUT2D eigenvalue weighted by Gasteiger charge is 2.19. The van der Waals surface area contributed by atoms with Gasteiger partial charge in [0.05, 0.1) is 0 Å². The predicted molar refractivity (Wildman–Crippen MR) is 44.2 cm³/mol. The molecule has 0 heterocycles. The topological polar surface area (TPSA) is 24.1 Å². The average molecular weight is 142 g/mol. The fourth-order valence-corrected chi connectivity index (χ4v) is 0.936. The molecule has 1 aliphatic carbocycles. The van der Waals surface area contributed by atoms with E-state index in [0.29, 0.717) is 6.04 Å². The summed E-state index contributed by atoms with van der Waals surface area (Å²) in [4.78, 5) is 0. The van der Waals surface area contributed by atoms with Crippen molar-refractivity contribution in [3.05, 3.63) is 0 Å². The van der Waals surface area contributed by atoms with Crippen LogP contribution in [0.3, 0.4) is 0 Å². The van der Waals surface area contributed by atoms with Crippen LogP contribution in [-0.4, -0.2) is 25.7 Å². The lowest BCUT2D eigenvalue weighted by Crippen LogP contribution is -2.27. The van der Waals surface area contributed by atoms with Crippen LogP contribution in [-0.2, 0) is 0 Å². The van der Waals surface area contributed by atoms with Gasteiger partial charge in [0, 0.05) is 12.1 Å². The Morgan fingerprint density at radius 2 is 2.20 bits per heavy atom. The van der Waals surface area contributed by atoms with E-state index in [1.807, 2.05) is 7.05 Å². The number of hydrogen-bond donors (Lipinski definition) is 2. The van der Waals surface area contributed by atoms with Crippen molar-refractivity contribution in [1.82, 2.24) is 10.6 Å². The summed E-state index contributed by atoms with van der Waals surface area (Å²) in [5.41, 5.74) is 0. The van der Waals surface area contributed by atoms with Crippen molar-refractivity contribution in [1.29, 1.82) is 0 Å². The fourth-order valence-electron chi connectivity index (χ4n) is 0.936. The lowest BCUT2D eigenvalue weighted by molar-refractivity contribution is 0.527. The lowest BCUT2D eigenvalue weighted by Gasteiger charge is -2.09. The normalized spacial score (nSPS) is 21.0. The Morgan fingerprint density at radius 1 is 1.50 bits per heavy atom. The molecule has 1 rings (SSSR count). The van der Waals surface area contributed by atoms with E-state index < -0.39 is 0 Å².